The van der Waals surface area contributed by atoms with E-state index in [-0.39, 0.29) is 5.82 Å². The van der Waals surface area contributed by atoms with Gasteiger partial charge in [-0.3, -0.25) is 5.84 Å². The number of nitrogens with two attached hydrogens (primary N) is 1. The van der Waals surface area contributed by atoms with Crippen molar-refractivity contribution in [2.45, 2.75) is 6.04 Å². The van der Waals surface area contributed by atoms with Gasteiger partial charge in [0, 0.05) is 9.58 Å². The van der Waals surface area contributed by atoms with Crippen LogP contribution in [0.2, 0.25) is 0 Å². The topological polar surface area (TPSA) is 38.0 Å². The van der Waals surface area contributed by atoms with Gasteiger partial charge in [0.2, 0.25) is 0 Å². The van der Waals surface area contributed by atoms with Gasteiger partial charge in [-0.05, 0) is 41.3 Å². The third kappa shape index (κ3) is 2.65. The van der Waals surface area contributed by atoms with Crippen molar-refractivity contribution in [2.24, 2.45) is 5.84 Å². The average molecular weight is 308 g/mol. The Labute approximate surface area is 123 Å². The molecule has 21 heavy (non-hydrogen) atoms. The van der Waals surface area contributed by atoms with Crippen LogP contribution in [0.25, 0.3) is 10.1 Å². The molecule has 0 bridgehead atoms. The molecule has 0 saturated carbocycles. The fourth-order valence-electron chi connectivity index (χ4n) is 2.20. The summed E-state index contributed by atoms with van der Waals surface area (Å²) in [6.07, 6.45) is 0. The number of hydrogen-bond donors (Lipinski definition) is 2. The van der Waals surface area contributed by atoms with E-state index in [9.17, 15) is 13.2 Å². The predicted molar refractivity (Wildman–Crippen MR) is 77.3 cm³/mol. The van der Waals surface area contributed by atoms with Gasteiger partial charge < -0.3 is 0 Å². The van der Waals surface area contributed by atoms with E-state index in [0.717, 1.165) is 27.1 Å². The Morgan fingerprint density at radius 1 is 0.952 bits per heavy atom. The van der Waals surface area contributed by atoms with Crippen molar-refractivity contribution < 1.29 is 13.2 Å². The third-order valence-electron chi connectivity index (χ3n) is 3.23. The summed E-state index contributed by atoms with van der Waals surface area (Å²) in [4.78, 5) is 0.795. The maximum Gasteiger partial charge on any atom is 0.159 e. The van der Waals surface area contributed by atoms with Gasteiger partial charge in [-0.2, -0.15) is 0 Å². The first-order chi connectivity index (χ1) is 10.1. The predicted octanol–water partition coefficient (Wildman–Crippen LogP) is 3.87. The molecule has 1 aromatic heterocycles. The molecule has 3 aromatic rings. The summed E-state index contributed by atoms with van der Waals surface area (Å²) in [6.45, 7) is 0. The number of thiophene rings is 1. The second kappa shape index (κ2) is 5.48. The number of fused-ring (bicyclic) bond motifs is 1. The van der Waals surface area contributed by atoms with E-state index in [4.69, 9.17) is 5.84 Å². The van der Waals surface area contributed by atoms with Crippen molar-refractivity contribution in [1.29, 1.82) is 0 Å². The van der Waals surface area contributed by atoms with Crippen LogP contribution in [0.5, 0.6) is 0 Å². The number of rotatable bonds is 3. The molecular weight excluding hydrogens is 297 g/mol. The molecule has 1 atom stereocenters. The zero-order valence-corrected chi connectivity index (χ0v) is 11.6. The molecule has 3 rings (SSSR count). The summed E-state index contributed by atoms with van der Waals surface area (Å²) >= 11 is 1.35. The molecule has 0 aliphatic rings. The van der Waals surface area contributed by atoms with Gasteiger partial charge in [-0.1, -0.05) is 12.1 Å². The number of nitrogens with one attached hydrogen (secondary N) is 1. The Balaban J connectivity index is 2.06. The molecule has 2 aromatic carbocycles. The molecule has 0 aliphatic heterocycles. The van der Waals surface area contributed by atoms with Crippen LogP contribution in [-0.2, 0) is 0 Å². The van der Waals surface area contributed by atoms with Gasteiger partial charge in [-0.15, -0.1) is 11.3 Å². The Hall–Kier alpha value is -1.89. The van der Waals surface area contributed by atoms with E-state index in [0.29, 0.717) is 5.56 Å². The summed E-state index contributed by atoms with van der Waals surface area (Å²) in [6, 6.07) is 9.47. The summed E-state index contributed by atoms with van der Waals surface area (Å²) in [5.74, 6) is 3.38. The van der Waals surface area contributed by atoms with Crippen molar-refractivity contribution in [3.05, 3.63) is 70.4 Å². The van der Waals surface area contributed by atoms with E-state index < -0.39 is 17.7 Å². The maximum absolute atomic E-state index is 13.4. The molecule has 0 aliphatic carbocycles. The minimum atomic E-state index is -0.931. The van der Waals surface area contributed by atoms with E-state index >= 15 is 0 Å². The molecule has 0 amide bonds. The van der Waals surface area contributed by atoms with Crippen molar-refractivity contribution in [2.75, 3.05) is 0 Å². The number of hydrazine groups is 1. The standard InChI is InChI=1S/C15H11F3N2S/c16-10-3-1-8-6-14(21-13(8)7-10)15(20-19)9-2-4-11(17)12(18)5-9/h1-7,15,20H,19H2. The van der Waals surface area contributed by atoms with Crippen molar-refractivity contribution in [3.8, 4) is 0 Å². The minimum absolute atomic E-state index is 0.319. The highest BCUT2D eigenvalue weighted by molar-refractivity contribution is 7.19. The molecule has 108 valence electrons. The lowest BCUT2D eigenvalue weighted by Gasteiger charge is -2.14. The molecule has 0 saturated heterocycles. The van der Waals surface area contributed by atoms with Crippen LogP contribution in [0.15, 0.2) is 42.5 Å². The maximum atomic E-state index is 13.4. The van der Waals surface area contributed by atoms with Gasteiger partial charge >= 0.3 is 0 Å². The van der Waals surface area contributed by atoms with Gasteiger partial charge in [0.25, 0.3) is 0 Å². The first kappa shape index (κ1) is 14.1. The summed E-state index contributed by atoms with van der Waals surface area (Å²) in [7, 11) is 0. The van der Waals surface area contributed by atoms with Crippen molar-refractivity contribution >= 4 is 21.4 Å². The molecule has 0 radical (unpaired) electrons. The Bertz CT molecular complexity index is 801. The second-order valence-electron chi connectivity index (χ2n) is 4.60. The van der Waals surface area contributed by atoms with Crippen LogP contribution in [0.3, 0.4) is 0 Å². The first-order valence-corrected chi connectivity index (χ1v) is 7.00. The SMILES string of the molecule is NNC(c1ccc(F)c(F)c1)c1cc2ccc(F)cc2s1. The van der Waals surface area contributed by atoms with Gasteiger partial charge in [0.05, 0.1) is 6.04 Å². The monoisotopic (exact) mass is 308 g/mol. The van der Waals surface area contributed by atoms with Crippen LogP contribution < -0.4 is 11.3 Å². The highest BCUT2D eigenvalue weighted by Crippen LogP contribution is 2.33. The molecule has 1 unspecified atom stereocenters. The van der Waals surface area contributed by atoms with Gasteiger partial charge in [0.15, 0.2) is 11.6 Å². The van der Waals surface area contributed by atoms with E-state index in [1.807, 2.05) is 6.07 Å². The first-order valence-electron chi connectivity index (χ1n) is 6.18. The molecular formula is C15H11F3N2S. The second-order valence-corrected chi connectivity index (χ2v) is 5.72. The highest BCUT2D eigenvalue weighted by atomic mass is 32.1. The van der Waals surface area contributed by atoms with Crippen LogP contribution in [0.4, 0.5) is 13.2 Å². The van der Waals surface area contributed by atoms with Gasteiger partial charge in [-0.25, -0.2) is 18.6 Å². The normalized spacial score (nSPS) is 12.8. The van der Waals surface area contributed by atoms with Crippen LogP contribution >= 0.6 is 11.3 Å². The molecule has 2 nitrogen and oxygen atoms in total. The van der Waals surface area contributed by atoms with Crippen LogP contribution in [-0.4, -0.2) is 0 Å². The zero-order valence-electron chi connectivity index (χ0n) is 10.7. The van der Waals surface area contributed by atoms with E-state index in [2.05, 4.69) is 5.43 Å². The van der Waals surface area contributed by atoms with Crippen molar-refractivity contribution in [1.82, 2.24) is 5.43 Å². The van der Waals surface area contributed by atoms with Gasteiger partial charge in [0.1, 0.15) is 5.82 Å². The molecule has 6 heteroatoms. The molecule has 3 N–H and O–H groups in total. The van der Waals surface area contributed by atoms with Crippen molar-refractivity contribution in [3.63, 3.8) is 0 Å². The van der Waals surface area contributed by atoms with E-state index in [1.165, 1.54) is 29.5 Å². The smallest absolute Gasteiger partial charge is 0.159 e. The lowest BCUT2D eigenvalue weighted by atomic mass is 10.1. The minimum Gasteiger partial charge on any atom is -0.271 e. The molecule has 0 spiro atoms. The zero-order chi connectivity index (χ0) is 15.0. The lowest BCUT2D eigenvalue weighted by Crippen LogP contribution is -2.28. The Morgan fingerprint density at radius 2 is 1.76 bits per heavy atom. The van der Waals surface area contributed by atoms with Crippen LogP contribution in [0.1, 0.15) is 16.5 Å². The average Bonchev–Trinajstić information content (AvgIpc) is 2.86. The third-order valence-corrected chi connectivity index (χ3v) is 4.39. The molecule has 1 heterocycles. The largest absolute Gasteiger partial charge is 0.271 e. The highest BCUT2D eigenvalue weighted by Gasteiger charge is 2.17. The number of halogens is 3. The number of hydrogen-bond acceptors (Lipinski definition) is 3. The number of benzene rings is 2. The summed E-state index contributed by atoms with van der Waals surface area (Å²) < 4.78 is 40.4. The van der Waals surface area contributed by atoms with Crippen LogP contribution in [0, 0.1) is 17.5 Å². The summed E-state index contributed by atoms with van der Waals surface area (Å²) in [5, 5.41) is 0.874. The lowest BCUT2D eigenvalue weighted by molar-refractivity contribution is 0.504. The fourth-order valence-corrected chi connectivity index (χ4v) is 3.38. The quantitative estimate of drug-likeness (QED) is 0.569. The Kier molecular flexibility index (Phi) is 3.67. The molecule has 0 fully saturated rings. The fraction of sp³-hybridized carbons (Fsp3) is 0.0667. The Morgan fingerprint density at radius 3 is 2.48 bits per heavy atom. The summed E-state index contributed by atoms with van der Waals surface area (Å²) in [5.41, 5.74) is 3.09. The van der Waals surface area contributed by atoms with E-state index in [1.54, 1.807) is 6.07 Å².